The smallest absolute Gasteiger partial charge is 0.408 e. The first kappa shape index (κ1) is 16.1. The van der Waals surface area contributed by atoms with Gasteiger partial charge in [-0.3, -0.25) is 10.1 Å². The number of rotatable bonds is 4. The molecule has 0 spiro atoms. The summed E-state index contributed by atoms with van der Waals surface area (Å²) in [7, 11) is 0. The summed E-state index contributed by atoms with van der Waals surface area (Å²) in [6.45, 7) is 0. The Bertz CT molecular complexity index is 1320. The zero-order chi connectivity index (χ0) is 18.9. The molecular weight excluding hydrogens is 356 g/mol. The van der Waals surface area contributed by atoms with Crippen LogP contribution in [0.5, 0.6) is 0 Å². The Labute approximate surface area is 158 Å². The largest absolute Gasteiger partial charge is 0.417 e. The lowest BCUT2D eigenvalue weighted by Crippen LogP contribution is -2.22. The molecule has 0 saturated carbocycles. The molecule has 8 nitrogen and oxygen atoms in total. The summed E-state index contributed by atoms with van der Waals surface area (Å²) < 4.78 is 6.90. The zero-order valence-corrected chi connectivity index (χ0v) is 14.7. The first-order valence-electron chi connectivity index (χ1n) is 8.79. The average Bonchev–Trinajstić information content (AvgIpc) is 3.42. The molecule has 0 aliphatic heterocycles. The van der Waals surface area contributed by atoms with E-state index in [4.69, 9.17) is 4.42 Å². The summed E-state index contributed by atoms with van der Waals surface area (Å²) >= 11 is 0. The number of fused-ring (bicyclic) bond motifs is 1. The predicted molar refractivity (Wildman–Crippen MR) is 105 cm³/mol. The number of H-pyrrole nitrogens is 2. The van der Waals surface area contributed by atoms with Crippen molar-refractivity contribution >= 4 is 18.0 Å². The van der Waals surface area contributed by atoms with Crippen molar-refractivity contribution in [1.82, 2.24) is 25.0 Å². The molecule has 8 heteroatoms. The van der Waals surface area contributed by atoms with Gasteiger partial charge in [-0.05, 0) is 42.3 Å². The van der Waals surface area contributed by atoms with E-state index in [1.54, 1.807) is 6.20 Å². The third-order valence-electron chi connectivity index (χ3n) is 4.44. The van der Waals surface area contributed by atoms with Crippen LogP contribution in [0.25, 0.3) is 29.1 Å². The van der Waals surface area contributed by atoms with E-state index >= 15 is 0 Å². The van der Waals surface area contributed by atoms with E-state index in [0.29, 0.717) is 23.0 Å². The highest BCUT2D eigenvalue weighted by atomic mass is 16.4. The van der Waals surface area contributed by atoms with Gasteiger partial charge in [-0.2, -0.15) is 10.2 Å². The Kier molecular flexibility index (Phi) is 3.79. The molecule has 0 saturated heterocycles. The third-order valence-corrected chi connectivity index (χ3v) is 4.44. The summed E-state index contributed by atoms with van der Waals surface area (Å²) in [5, 5.41) is 15.5. The number of anilines is 1. The second-order valence-electron chi connectivity index (χ2n) is 6.33. The fourth-order valence-corrected chi connectivity index (χ4v) is 3.10. The molecule has 0 bridgehead atoms. The van der Waals surface area contributed by atoms with Crippen LogP contribution in [0.2, 0.25) is 0 Å². The van der Waals surface area contributed by atoms with Crippen molar-refractivity contribution in [3.05, 3.63) is 81.9 Å². The van der Waals surface area contributed by atoms with Gasteiger partial charge in [0.05, 0.1) is 16.7 Å². The van der Waals surface area contributed by atoms with Gasteiger partial charge < -0.3 is 9.73 Å². The molecule has 3 heterocycles. The van der Waals surface area contributed by atoms with Crippen LogP contribution in [0, 0.1) is 0 Å². The Morgan fingerprint density at radius 1 is 1.18 bits per heavy atom. The SMILES string of the molecule is O=c1[nH]c2c(o1)=CCC=C(Nc1cc(-c3ccc(-n4cccn4)cc3)[nH]n1)C=2. The van der Waals surface area contributed by atoms with Crippen molar-refractivity contribution in [2.75, 3.05) is 5.32 Å². The Balaban J connectivity index is 1.37. The van der Waals surface area contributed by atoms with Crippen LogP contribution in [0.3, 0.4) is 0 Å². The molecule has 28 heavy (non-hydrogen) atoms. The highest BCUT2D eigenvalue weighted by molar-refractivity contribution is 5.66. The zero-order valence-electron chi connectivity index (χ0n) is 14.7. The van der Waals surface area contributed by atoms with Crippen molar-refractivity contribution in [1.29, 1.82) is 0 Å². The molecule has 0 fully saturated rings. The molecule has 0 atom stereocenters. The second-order valence-corrected chi connectivity index (χ2v) is 6.33. The van der Waals surface area contributed by atoms with Gasteiger partial charge in [0, 0.05) is 24.2 Å². The van der Waals surface area contributed by atoms with Gasteiger partial charge in [0.25, 0.3) is 0 Å². The third kappa shape index (κ3) is 3.07. The molecule has 0 radical (unpaired) electrons. The minimum Gasteiger partial charge on any atom is -0.408 e. The number of hydrogen-bond acceptors (Lipinski definition) is 5. The van der Waals surface area contributed by atoms with Gasteiger partial charge in [0.2, 0.25) is 0 Å². The van der Waals surface area contributed by atoms with Gasteiger partial charge >= 0.3 is 5.76 Å². The Morgan fingerprint density at radius 3 is 2.89 bits per heavy atom. The van der Waals surface area contributed by atoms with E-state index in [0.717, 1.165) is 22.6 Å². The monoisotopic (exact) mass is 372 g/mol. The maximum atomic E-state index is 11.4. The number of allylic oxidation sites excluding steroid dienone is 2. The maximum absolute atomic E-state index is 11.4. The van der Waals surface area contributed by atoms with Crippen LogP contribution >= 0.6 is 0 Å². The van der Waals surface area contributed by atoms with Crippen molar-refractivity contribution in [2.45, 2.75) is 6.42 Å². The number of nitrogens with one attached hydrogen (secondary N) is 3. The highest BCUT2D eigenvalue weighted by Crippen LogP contribution is 2.22. The first-order chi connectivity index (χ1) is 13.7. The fourth-order valence-electron chi connectivity index (χ4n) is 3.10. The highest BCUT2D eigenvalue weighted by Gasteiger charge is 2.07. The fraction of sp³-hybridized carbons (Fsp3) is 0.0500. The molecule has 4 aromatic rings. The minimum absolute atomic E-state index is 0.459. The van der Waals surface area contributed by atoms with Crippen LogP contribution in [-0.4, -0.2) is 25.0 Å². The van der Waals surface area contributed by atoms with Crippen molar-refractivity contribution in [2.24, 2.45) is 0 Å². The molecule has 1 aromatic carbocycles. The molecule has 1 aliphatic carbocycles. The Morgan fingerprint density at radius 2 is 2.07 bits per heavy atom. The average molecular weight is 372 g/mol. The first-order valence-corrected chi connectivity index (χ1v) is 8.79. The summed E-state index contributed by atoms with van der Waals surface area (Å²) in [5.41, 5.74) is 4.29. The molecule has 138 valence electrons. The summed E-state index contributed by atoms with van der Waals surface area (Å²) in [6, 6.07) is 11.9. The van der Waals surface area contributed by atoms with Crippen LogP contribution < -0.4 is 21.8 Å². The number of nitrogens with zero attached hydrogens (tertiary/aromatic N) is 3. The number of hydrogen-bond donors (Lipinski definition) is 3. The quantitative estimate of drug-likeness (QED) is 0.504. The second kappa shape index (κ2) is 6.58. The normalized spacial score (nSPS) is 13.1. The molecule has 0 amide bonds. The van der Waals surface area contributed by atoms with Gasteiger partial charge in [-0.15, -0.1) is 0 Å². The van der Waals surface area contributed by atoms with E-state index in [2.05, 4.69) is 25.6 Å². The van der Waals surface area contributed by atoms with E-state index in [-0.39, 0.29) is 0 Å². The molecule has 3 N–H and O–H groups in total. The summed E-state index contributed by atoms with van der Waals surface area (Å²) in [5.74, 6) is 0.224. The van der Waals surface area contributed by atoms with E-state index in [1.165, 1.54) is 0 Å². The van der Waals surface area contributed by atoms with Crippen LogP contribution in [0.1, 0.15) is 6.42 Å². The van der Waals surface area contributed by atoms with Crippen LogP contribution in [0.4, 0.5) is 5.82 Å². The van der Waals surface area contributed by atoms with Crippen molar-refractivity contribution < 1.29 is 4.42 Å². The predicted octanol–water partition coefficient (Wildman–Crippen LogP) is 1.50. The topological polar surface area (TPSA) is 105 Å². The summed E-state index contributed by atoms with van der Waals surface area (Å²) in [4.78, 5) is 14.0. The number of aromatic amines is 2. The van der Waals surface area contributed by atoms with Crippen molar-refractivity contribution in [3.63, 3.8) is 0 Å². The lowest BCUT2D eigenvalue weighted by atomic mass is 10.1. The number of oxazole rings is 1. The standard InChI is InChI=1S/C20H16N6O2/c27-20-23-17-11-14(3-1-4-18(17)28-20)22-19-12-16(24-25-19)13-5-7-15(8-6-13)26-10-2-9-21-26/h2-12H,1H2,(H,23,27)(H2,22,24,25). The van der Waals surface area contributed by atoms with Crippen molar-refractivity contribution in [3.8, 4) is 16.9 Å². The molecule has 5 rings (SSSR count). The van der Waals surface area contributed by atoms with Crippen LogP contribution in [-0.2, 0) is 0 Å². The maximum Gasteiger partial charge on any atom is 0.417 e. The molecular formula is C20H16N6O2. The van der Waals surface area contributed by atoms with Gasteiger partial charge in [-0.25, -0.2) is 9.48 Å². The lowest BCUT2D eigenvalue weighted by Gasteiger charge is -2.03. The Hall–Kier alpha value is -4.07. The van der Waals surface area contributed by atoms with Gasteiger partial charge in [-0.1, -0.05) is 18.2 Å². The number of benzene rings is 1. The van der Waals surface area contributed by atoms with E-state index in [1.807, 2.05) is 65.5 Å². The molecule has 0 unspecified atom stereocenters. The van der Waals surface area contributed by atoms with E-state index < -0.39 is 5.76 Å². The summed E-state index contributed by atoms with van der Waals surface area (Å²) in [6.07, 6.45) is 9.99. The van der Waals surface area contributed by atoms with Crippen LogP contribution in [0.15, 0.2) is 69.8 Å². The lowest BCUT2D eigenvalue weighted by molar-refractivity contribution is 0.485. The number of aromatic nitrogens is 5. The van der Waals surface area contributed by atoms with E-state index in [9.17, 15) is 4.79 Å². The van der Waals surface area contributed by atoms with Gasteiger partial charge in [0.15, 0.2) is 11.2 Å². The van der Waals surface area contributed by atoms with Gasteiger partial charge in [0.1, 0.15) is 0 Å². The molecule has 1 aliphatic rings. The molecule has 3 aromatic heterocycles. The minimum atomic E-state index is -0.459.